The number of anilines is 1. The summed E-state index contributed by atoms with van der Waals surface area (Å²) in [6, 6.07) is 6.59. The number of alkyl halides is 1. The molecule has 0 unspecified atom stereocenters. The Kier molecular flexibility index (Phi) is 3.91. The highest BCUT2D eigenvalue weighted by atomic mass is 35.5. The number of halogens is 2. The molecular weight excluding hydrogens is 347 g/mol. The van der Waals surface area contributed by atoms with Gasteiger partial charge in [0.25, 0.3) is 0 Å². The van der Waals surface area contributed by atoms with Gasteiger partial charge in [0, 0.05) is 22.5 Å². The van der Waals surface area contributed by atoms with Crippen LogP contribution in [0.4, 0.5) is 10.4 Å². The van der Waals surface area contributed by atoms with Gasteiger partial charge in [0.1, 0.15) is 12.2 Å². The summed E-state index contributed by atoms with van der Waals surface area (Å²) in [5, 5.41) is 11.4. The van der Waals surface area contributed by atoms with E-state index in [9.17, 15) is 9.18 Å². The number of rotatable bonds is 4. The number of amides is 1. The first-order valence-electron chi connectivity index (χ1n) is 8.26. The molecule has 1 N–H and O–H groups in total. The first-order valence-corrected chi connectivity index (χ1v) is 8.63. The highest BCUT2D eigenvalue weighted by Crippen LogP contribution is 2.54. The lowest BCUT2D eigenvalue weighted by atomic mass is 10.1. The van der Waals surface area contributed by atoms with E-state index >= 15 is 0 Å². The number of likely N-dealkylation sites (tertiary alicyclic amines) is 1. The molecule has 1 saturated carbocycles. The van der Waals surface area contributed by atoms with Crippen LogP contribution >= 0.6 is 11.6 Å². The number of hydrogen-bond donors (Lipinski definition) is 1. The van der Waals surface area contributed by atoms with Gasteiger partial charge in [-0.2, -0.15) is 0 Å². The van der Waals surface area contributed by atoms with Crippen molar-refractivity contribution in [3.63, 3.8) is 0 Å². The molecule has 2 heterocycles. The van der Waals surface area contributed by atoms with Crippen molar-refractivity contribution in [1.82, 2.24) is 15.1 Å². The lowest BCUT2D eigenvalue weighted by Gasteiger charge is -2.20. The Morgan fingerprint density at radius 1 is 1.40 bits per heavy atom. The number of benzene rings is 1. The average Bonchev–Trinajstić information content (AvgIpc) is 3.11. The molecule has 2 aliphatic rings. The smallest absolute Gasteiger partial charge is 0.316 e. The summed E-state index contributed by atoms with van der Waals surface area (Å²) < 4.78 is 19.6. The van der Waals surface area contributed by atoms with Crippen molar-refractivity contribution in [1.29, 1.82) is 0 Å². The Labute approximate surface area is 149 Å². The van der Waals surface area contributed by atoms with Crippen molar-refractivity contribution in [3.05, 3.63) is 29.3 Å². The van der Waals surface area contributed by atoms with Crippen molar-refractivity contribution < 1.29 is 13.6 Å². The van der Waals surface area contributed by atoms with Crippen LogP contribution in [-0.4, -0.2) is 46.3 Å². The second kappa shape index (κ2) is 5.98. The predicted octanol–water partition coefficient (Wildman–Crippen LogP) is 3.15. The van der Waals surface area contributed by atoms with E-state index in [-0.39, 0.29) is 23.9 Å². The van der Waals surface area contributed by atoms with Crippen LogP contribution in [0.1, 0.15) is 19.8 Å². The maximum Gasteiger partial charge on any atom is 0.316 e. The summed E-state index contributed by atoms with van der Waals surface area (Å²) >= 11 is 5.86. The van der Waals surface area contributed by atoms with E-state index in [1.165, 1.54) is 0 Å². The molecule has 1 spiro atoms. The van der Waals surface area contributed by atoms with E-state index in [1.807, 2.05) is 0 Å². The molecule has 25 heavy (non-hydrogen) atoms. The molecule has 2 atom stereocenters. The van der Waals surface area contributed by atoms with Crippen LogP contribution in [0.15, 0.2) is 28.7 Å². The van der Waals surface area contributed by atoms with Gasteiger partial charge in [0.15, 0.2) is 0 Å². The fraction of sp³-hybridized carbons (Fsp3) is 0.471. The molecule has 6 nitrogen and oxygen atoms in total. The minimum atomic E-state index is -0.913. The van der Waals surface area contributed by atoms with E-state index in [4.69, 9.17) is 16.0 Å². The van der Waals surface area contributed by atoms with Gasteiger partial charge in [-0.25, -0.2) is 4.39 Å². The van der Waals surface area contributed by atoms with Gasteiger partial charge in [-0.3, -0.25) is 4.79 Å². The Morgan fingerprint density at radius 2 is 2.12 bits per heavy atom. The van der Waals surface area contributed by atoms with Gasteiger partial charge in [-0.05, 0) is 44.0 Å². The largest absolute Gasteiger partial charge is 0.403 e. The van der Waals surface area contributed by atoms with Crippen molar-refractivity contribution in [2.24, 2.45) is 5.41 Å². The predicted molar refractivity (Wildman–Crippen MR) is 91.0 cm³/mol. The summed E-state index contributed by atoms with van der Waals surface area (Å²) in [6.45, 7) is 2.38. The molecule has 0 radical (unpaired) electrons. The van der Waals surface area contributed by atoms with Gasteiger partial charge in [-0.15, -0.1) is 5.10 Å². The maximum atomic E-state index is 14.0. The van der Waals surface area contributed by atoms with Crippen LogP contribution in [0.25, 0.3) is 11.5 Å². The number of carbonyl (C=O) groups excluding carboxylic acids is 1. The summed E-state index contributed by atoms with van der Waals surface area (Å²) in [6.07, 6.45) is 0.824. The molecule has 132 valence electrons. The van der Waals surface area contributed by atoms with Crippen LogP contribution in [0.3, 0.4) is 0 Å². The lowest BCUT2D eigenvalue weighted by molar-refractivity contribution is -0.131. The first kappa shape index (κ1) is 16.3. The number of aromatic nitrogens is 2. The van der Waals surface area contributed by atoms with E-state index in [1.54, 1.807) is 36.1 Å². The second-order valence-corrected chi connectivity index (χ2v) is 7.27. The molecule has 2 fully saturated rings. The molecule has 1 aromatic heterocycles. The highest BCUT2D eigenvalue weighted by Gasteiger charge is 2.56. The fourth-order valence-electron chi connectivity index (χ4n) is 3.24. The number of carbonyl (C=O) groups is 1. The number of nitrogens with one attached hydrogen (secondary N) is 1. The third-order valence-electron chi connectivity index (χ3n) is 4.98. The van der Waals surface area contributed by atoms with Gasteiger partial charge < -0.3 is 14.6 Å². The van der Waals surface area contributed by atoms with Crippen LogP contribution < -0.4 is 5.32 Å². The SMILES string of the molecule is C[C@@H](Nc1nnc(-c2ccc(Cl)cc2)o1)C(=O)N1C[C@@H](F)C2(CC2)C1. The van der Waals surface area contributed by atoms with Gasteiger partial charge in [0.05, 0.1) is 6.54 Å². The minimum Gasteiger partial charge on any atom is -0.403 e. The molecule has 1 aromatic carbocycles. The zero-order valence-electron chi connectivity index (χ0n) is 13.7. The van der Waals surface area contributed by atoms with Crippen molar-refractivity contribution in [2.45, 2.75) is 32.0 Å². The summed E-state index contributed by atoms with van der Waals surface area (Å²) in [7, 11) is 0. The van der Waals surface area contributed by atoms with Gasteiger partial charge in [-0.1, -0.05) is 16.7 Å². The van der Waals surface area contributed by atoms with Crippen LogP contribution in [0, 0.1) is 5.41 Å². The Morgan fingerprint density at radius 3 is 2.76 bits per heavy atom. The Bertz CT molecular complexity index is 790. The van der Waals surface area contributed by atoms with E-state index in [2.05, 4.69) is 15.5 Å². The molecule has 4 rings (SSSR count). The molecule has 1 aliphatic heterocycles. The first-order chi connectivity index (χ1) is 12.0. The summed E-state index contributed by atoms with van der Waals surface area (Å²) in [5.41, 5.74) is 0.459. The molecule has 1 saturated heterocycles. The molecule has 1 aliphatic carbocycles. The second-order valence-electron chi connectivity index (χ2n) is 6.83. The molecule has 2 aromatic rings. The molecule has 8 heteroatoms. The van der Waals surface area contributed by atoms with Gasteiger partial charge >= 0.3 is 6.01 Å². The number of hydrogen-bond acceptors (Lipinski definition) is 5. The lowest BCUT2D eigenvalue weighted by Crippen LogP contribution is -2.40. The average molecular weight is 365 g/mol. The topological polar surface area (TPSA) is 71.3 Å². The molecular formula is C17H18ClFN4O2. The monoisotopic (exact) mass is 364 g/mol. The third kappa shape index (κ3) is 3.08. The van der Waals surface area contributed by atoms with Crippen LogP contribution in [-0.2, 0) is 4.79 Å². The summed E-state index contributed by atoms with van der Waals surface area (Å²) in [5.74, 6) is 0.179. The Hall–Kier alpha value is -2.15. The standard InChI is InChI=1S/C17H18ClFN4O2/c1-10(15(24)23-8-13(19)17(9-23)6-7-17)20-16-22-21-14(25-16)11-2-4-12(18)5-3-11/h2-5,10,13H,6-9H2,1H3,(H,20,22)/t10-,13-/m1/s1. The normalized spacial score (nSPS) is 22.2. The Balaban J connectivity index is 1.40. The van der Waals surface area contributed by atoms with Crippen LogP contribution in [0.5, 0.6) is 0 Å². The third-order valence-corrected chi connectivity index (χ3v) is 5.23. The number of nitrogens with zero attached hydrogens (tertiary/aromatic N) is 3. The van der Waals surface area contributed by atoms with E-state index in [0.29, 0.717) is 17.5 Å². The molecule has 1 amide bonds. The van der Waals surface area contributed by atoms with E-state index < -0.39 is 12.2 Å². The van der Waals surface area contributed by atoms with Crippen molar-refractivity contribution in [3.8, 4) is 11.5 Å². The van der Waals surface area contributed by atoms with Crippen molar-refractivity contribution in [2.75, 3.05) is 18.4 Å². The van der Waals surface area contributed by atoms with Crippen molar-refractivity contribution >= 4 is 23.5 Å². The summed E-state index contributed by atoms with van der Waals surface area (Å²) in [4.78, 5) is 14.1. The maximum absolute atomic E-state index is 14.0. The quantitative estimate of drug-likeness (QED) is 0.902. The van der Waals surface area contributed by atoms with Crippen LogP contribution in [0.2, 0.25) is 5.02 Å². The zero-order valence-corrected chi connectivity index (χ0v) is 14.5. The molecule has 0 bridgehead atoms. The zero-order chi connectivity index (χ0) is 17.6. The van der Waals surface area contributed by atoms with Gasteiger partial charge in [0.2, 0.25) is 11.8 Å². The van der Waals surface area contributed by atoms with E-state index in [0.717, 1.165) is 18.4 Å². The minimum absolute atomic E-state index is 0.155. The fourth-order valence-corrected chi connectivity index (χ4v) is 3.37. The highest BCUT2D eigenvalue weighted by molar-refractivity contribution is 6.30.